The molecule has 2 unspecified atom stereocenters. The van der Waals surface area contributed by atoms with Crippen LogP contribution >= 0.6 is 15.6 Å². The lowest BCUT2D eigenvalue weighted by atomic mass is 10.5. The standard InChI is InChI=1S/C4H12O7P2/c1-4(2)10-13(7,8)11-12(5,6)9-3/h4H,1-3H3,(H,5,6)(H,7,8)/p-2. The molecule has 9 heteroatoms. The van der Waals surface area contributed by atoms with Gasteiger partial charge in [0.15, 0.2) is 0 Å². The average Bonchev–Trinajstić information content (AvgIpc) is 1.81. The van der Waals surface area contributed by atoms with Crippen LogP contribution in [0.1, 0.15) is 13.8 Å². The Kier molecular flexibility index (Phi) is 4.76. The quantitative estimate of drug-likeness (QED) is 0.614. The molecule has 0 spiro atoms. The van der Waals surface area contributed by atoms with E-state index in [1.807, 2.05) is 0 Å². The first-order valence-corrected chi connectivity index (χ1v) is 6.18. The molecule has 0 saturated heterocycles. The van der Waals surface area contributed by atoms with E-state index >= 15 is 0 Å². The highest BCUT2D eigenvalue weighted by Crippen LogP contribution is 2.55. The predicted molar refractivity (Wildman–Crippen MR) is 39.5 cm³/mol. The topological polar surface area (TPSA) is 108 Å². The average molecular weight is 232 g/mol. The Balaban J connectivity index is 4.34. The molecule has 0 aliphatic heterocycles. The van der Waals surface area contributed by atoms with Crippen LogP contribution in [0.25, 0.3) is 0 Å². The number of phosphoric ester groups is 2. The van der Waals surface area contributed by atoms with Gasteiger partial charge in [0.05, 0.1) is 6.10 Å². The fourth-order valence-electron chi connectivity index (χ4n) is 0.433. The monoisotopic (exact) mass is 232 g/mol. The number of phosphoric acid groups is 2. The maximum absolute atomic E-state index is 10.7. The van der Waals surface area contributed by atoms with E-state index in [9.17, 15) is 18.9 Å². The molecule has 0 heterocycles. The minimum absolute atomic E-state index is 0.694. The molecule has 0 rings (SSSR count). The van der Waals surface area contributed by atoms with Gasteiger partial charge in [-0.2, -0.15) is 0 Å². The van der Waals surface area contributed by atoms with E-state index in [2.05, 4.69) is 13.4 Å². The van der Waals surface area contributed by atoms with Gasteiger partial charge in [-0.05, 0) is 13.8 Å². The van der Waals surface area contributed by atoms with Crippen molar-refractivity contribution in [1.82, 2.24) is 0 Å². The second kappa shape index (κ2) is 4.66. The Labute approximate surface area is 75.9 Å². The fourth-order valence-corrected chi connectivity index (χ4v) is 2.35. The SMILES string of the molecule is COP(=O)([O-])OP(=O)([O-])OC(C)C. The zero-order valence-electron chi connectivity index (χ0n) is 7.33. The molecule has 0 aliphatic rings. The Morgan fingerprint density at radius 1 is 1.15 bits per heavy atom. The van der Waals surface area contributed by atoms with Crippen molar-refractivity contribution >= 4 is 15.6 Å². The molecular weight excluding hydrogens is 222 g/mol. The molecule has 0 bridgehead atoms. The molecule has 0 N–H and O–H groups in total. The van der Waals surface area contributed by atoms with Gasteiger partial charge in [0, 0.05) is 7.11 Å². The van der Waals surface area contributed by atoms with E-state index in [-0.39, 0.29) is 0 Å². The largest absolute Gasteiger partial charge is 0.756 e. The van der Waals surface area contributed by atoms with E-state index in [4.69, 9.17) is 0 Å². The van der Waals surface area contributed by atoms with Gasteiger partial charge in [-0.15, -0.1) is 0 Å². The zero-order valence-corrected chi connectivity index (χ0v) is 9.12. The molecule has 0 aromatic rings. The lowest BCUT2D eigenvalue weighted by Crippen LogP contribution is -2.15. The number of hydrogen-bond donors (Lipinski definition) is 0. The normalized spacial score (nSPS) is 21.1. The van der Waals surface area contributed by atoms with E-state index in [1.54, 1.807) is 0 Å². The summed E-state index contributed by atoms with van der Waals surface area (Å²) in [6.45, 7) is 2.83. The van der Waals surface area contributed by atoms with Gasteiger partial charge in [-0.1, -0.05) is 0 Å². The van der Waals surface area contributed by atoms with Crippen LogP contribution in [0.15, 0.2) is 0 Å². The Morgan fingerprint density at radius 2 is 1.62 bits per heavy atom. The summed E-state index contributed by atoms with van der Waals surface area (Å²) in [6, 6.07) is 0. The molecule has 0 aliphatic carbocycles. The molecule has 0 radical (unpaired) electrons. The summed E-state index contributed by atoms with van der Waals surface area (Å²) in [5, 5.41) is 0. The molecule has 0 aromatic carbocycles. The van der Waals surface area contributed by atoms with Gasteiger partial charge in [0.2, 0.25) is 0 Å². The number of hydrogen-bond acceptors (Lipinski definition) is 7. The first-order valence-electron chi connectivity index (χ1n) is 3.26. The minimum atomic E-state index is -4.84. The molecule has 13 heavy (non-hydrogen) atoms. The van der Waals surface area contributed by atoms with Gasteiger partial charge in [0.25, 0.3) is 15.6 Å². The summed E-state index contributed by atoms with van der Waals surface area (Å²) in [5.74, 6) is 0. The van der Waals surface area contributed by atoms with Gasteiger partial charge in [-0.25, -0.2) is 4.31 Å². The molecular formula is C4H10O7P2-2. The molecule has 80 valence electrons. The summed E-state index contributed by atoms with van der Waals surface area (Å²) in [6.07, 6.45) is -0.694. The van der Waals surface area contributed by atoms with Crippen molar-refractivity contribution in [2.75, 3.05) is 7.11 Å². The molecule has 0 saturated carbocycles. The van der Waals surface area contributed by atoms with Crippen molar-refractivity contribution in [3.63, 3.8) is 0 Å². The Bertz CT molecular complexity index is 249. The van der Waals surface area contributed by atoms with Gasteiger partial charge in [0.1, 0.15) is 0 Å². The summed E-state index contributed by atoms with van der Waals surface area (Å²) in [4.78, 5) is 21.3. The predicted octanol–water partition coefficient (Wildman–Crippen LogP) is 0.0112. The third-order valence-electron chi connectivity index (χ3n) is 0.764. The van der Waals surface area contributed by atoms with Crippen LogP contribution in [0.3, 0.4) is 0 Å². The van der Waals surface area contributed by atoms with Crippen LogP contribution in [0.4, 0.5) is 0 Å². The van der Waals surface area contributed by atoms with Crippen molar-refractivity contribution in [2.24, 2.45) is 0 Å². The van der Waals surface area contributed by atoms with Crippen LogP contribution in [-0.4, -0.2) is 13.2 Å². The highest BCUT2D eigenvalue weighted by Gasteiger charge is 2.19. The highest BCUT2D eigenvalue weighted by molar-refractivity contribution is 7.59. The minimum Gasteiger partial charge on any atom is -0.756 e. The smallest absolute Gasteiger partial charge is 0.274 e. The summed E-state index contributed by atoms with van der Waals surface area (Å²) < 4.78 is 32.9. The van der Waals surface area contributed by atoms with Crippen molar-refractivity contribution in [3.05, 3.63) is 0 Å². The lowest BCUT2D eigenvalue weighted by Gasteiger charge is -2.30. The highest BCUT2D eigenvalue weighted by atomic mass is 31.3. The van der Waals surface area contributed by atoms with Crippen LogP contribution in [0.5, 0.6) is 0 Å². The third-order valence-corrected chi connectivity index (χ3v) is 3.49. The molecule has 2 atom stereocenters. The van der Waals surface area contributed by atoms with Crippen molar-refractivity contribution in [1.29, 1.82) is 0 Å². The molecule has 0 aromatic heterocycles. The molecule has 0 fully saturated rings. The second-order valence-corrected chi connectivity index (χ2v) is 5.33. The molecule has 0 amide bonds. The zero-order chi connectivity index (χ0) is 10.7. The lowest BCUT2D eigenvalue weighted by molar-refractivity contribution is -0.244. The van der Waals surface area contributed by atoms with Crippen molar-refractivity contribution in [2.45, 2.75) is 20.0 Å². The van der Waals surface area contributed by atoms with Crippen LogP contribution in [0.2, 0.25) is 0 Å². The van der Waals surface area contributed by atoms with Crippen LogP contribution in [0, 0.1) is 0 Å². The van der Waals surface area contributed by atoms with Crippen LogP contribution < -0.4 is 9.79 Å². The van der Waals surface area contributed by atoms with Gasteiger partial charge >= 0.3 is 0 Å². The van der Waals surface area contributed by atoms with E-state index in [0.717, 1.165) is 7.11 Å². The maximum atomic E-state index is 10.7. The summed E-state index contributed by atoms with van der Waals surface area (Å²) in [7, 11) is -8.86. The number of rotatable bonds is 5. The Hall–Kier alpha value is 0.260. The van der Waals surface area contributed by atoms with Crippen LogP contribution in [-0.2, 0) is 22.5 Å². The third kappa shape index (κ3) is 6.35. The first kappa shape index (κ1) is 13.3. The van der Waals surface area contributed by atoms with Gasteiger partial charge < -0.3 is 18.8 Å². The summed E-state index contributed by atoms with van der Waals surface area (Å²) in [5.41, 5.74) is 0. The first-order chi connectivity index (χ1) is 5.68. The van der Waals surface area contributed by atoms with E-state index in [0.29, 0.717) is 0 Å². The second-order valence-electron chi connectivity index (χ2n) is 2.31. The van der Waals surface area contributed by atoms with E-state index in [1.165, 1.54) is 13.8 Å². The molecule has 7 nitrogen and oxygen atoms in total. The fraction of sp³-hybridized carbons (Fsp3) is 1.00. The van der Waals surface area contributed by atoms with E-state index < -0.39 is 21.7 Å². The van der Waals surface area contributed by atoms with Crippen molar-refractivity contribution < 1.29 is 32.3 Å². The maximum Gasteiger partial charge on any atom is 0.274 e. The van der Waals surface area contributed by atoms with Crippen molar-refractivity contribution in [3.8, 4) is 0 Å². The Morgan fingerprint density at radius 3 is 1.92 bits per heavy atom. The summed E-state index contributed by atoms with van der Waals surface area (Å²) >= 11 is 0. The van der Waals surface area contributed by atoms with Gasteiger partial charge in [-0.3, -0.25) is 9.13 Å².